The highest BCUT2D eigenvalue weighted by molar-refractivity contribution is 4.93. The molecule has 1 unspecified atom stereocenters. The summed E-state index contributed by atoms with van der Waals surface area (Å²) in [7, 11) is 0. The average Bonchev–Trinajstić information content (AvgIpc) is 2.18. The number of rotatable bonds is 2. The van der Waals surface area contributed by atoms with Crippen molar-refractivity contribution in [1.82, 2.24) is 0 Å². The van der Waals surface area contributed by atoms with Crippen LogP contribution in [0.5, 0.6) is 0 Å². The zero-order chi connectivity index (χ0) is 10.7. The van der Waals surface area contributed by atoms with E-state index in [4.69, 9.17) is 15.7 Å². The van der Waals surface area contributed by atoms with Gasteiger partial charge in [0.1, 0.15) is 12.2 Å². The van der Waals surface area contributed by atoms with Gasteiger partial charge in [0.2, 0.25) is 0 Å². The fourth-order valence-electron chi connectivity index (χ4n) is 1.28. The van der Waals surface area contributed by atoms with E-state index >= 15 is 0 Å². The van der Waals surface area contributed by atoms with Crippen LogP contribution in [0.1, 0.15) is 0 Å². The second kappa shape index (κ2) is 4.56. The molecule has 0 aliphatic carbocycles. The van der Waals surface area contributed by atoms with Gasteiger partial charge in [-0.1, -0.05) is 5.11 Å². The molecule has 0 aromatic carbocycles. The second-order valence-electron chi connectivity index (χ2n) is 2.92. The van der Waals surface area contributed by atoms with Gasteiger partial charge in [-0.15, -0.1) is 0 Å². The SMILES string of the molecule is [N-]=[N+]=N[C@H]1[C@H](O)[C@@H](CO)OC(O)[C@@H]1O. The summed E-state index contributed by atoms with van der Waals surface area (Å²) in [6.07, 6.45) is -5.48. The maximum Gasteiger partial charge on any atom is 0.181 e. The lowest BCUT2D eigenvalue weighted by Gasteiger charge is -2.37. The van der Waals surface area contributed by atoms with E-state index in [0.717, 1.165) is 0 Å². The molecule has 1 aliphatic rings. The van der Waals surface area contributed by atoms with Crippen molar-refractivity contribution in [2.75, 3.05) is 6.61 Å². The smallest absolute Gasteiger partial charge is 0.181 e. The van der Waals surface area contributed by atoms with Crippen molar-refractivity contribution in [3.8, 4) is 0 Å². The summed E-state index contributed by atoms with van der Waals surface area (Å²) in [5.74, 6) is 0. The molecule has 5 atom stereocenters. The van der Waals surface area contributed by atoms with Gasteiger partial charge in [0, 0.05) is 4.91 Å². The highest BCUT2D eigenvalue weighted by atomic mass is 16.6. The van der Waals surface area contributed by atoms with Crippen LogP contribution in [-0.2, 0) is 4.74 Å². The molecule has 1 saturated heterocycles. The topological polar surface area (TPSA) is 139 Å². The van der Waals surface area contributed by atoms with Crippen LogP contribution in [0.25, 0.3) is 10.4 Å². The Morgan fingerprint density at radius 3 is 2.43 bits per heavy atom. The highest BCUT2D eigenvalue weighted by Crippen LogP contribution is 2.22. The fraction of sp³-hybridized carbons (Fsp3) is 1.00. The number of aliphatic hydroxyl groups is 4. The Kier molecular flexibility index (Phi) is 3.64. The van der Waals surface area contributed by atoms with E-state index in [-0.39, 0.29) is 0 Å². The molecule has 0 aromatic rings. The molecular formula is C6H11N3O5. The standard InChI is InChI=1S/C6H11N3O5/c7-9-8-3-4(11)2(1-10)14-6(13)5(3)12/h2-6,10-13H,1H2/t2-,3+,4-,5-,6?/m1/s1. The zero-order valence-corrected chi connectivity index (χ0v) is 7.13. The Bertz CT molecular complexity index is 244. The van der Waals surface area contributed by atoms with Crippen LogP contribution in [0, 0.1) is 0 Å². The van der Waals surface area contributed by atoms with Gasteiger partial charge in [-0.3, -0.25) is 0 Å². The summed E-state index contributed by atoms with van der Waals surface area (Å²) in [5, 5.41) is 39.7. The molecule has 0 bridgehead atoms. The Morgan fingerprint density at radius 2 is 1.93 bits per heavy atom. The van der Waals surface area contributed by atoms with Crippen molar-refractivity contribution in [1.29, 1.82) is 0 Å². The monoisotopic (exact) mass is 205 g/mol. The van der Waals surface area contributed by atoms with Crippen LogP contribution in [0.2, 0.25) is 0 Å². The van der Waals surface area contributed by atoms with Gasteiger partial charge in [0.05, 0.1) is 18.8 Å². The van der Waals surface area contributed by atoms with Crippen LogP contribution < -0.4 is 0 Å². The Labute approximate surface area is 79.0 Å². The van der Waals surface area contributed by atoms with Crippen LogP contribution in [0.15, 0.2) is 5.11 Å². The summed E-state index contributed by atoms with van der Waals surface area (Å²) in [6.45, 7) is -0.539. The third kappa shape index (κ3) is 1.95. The largest absolute Gasteiger partial charge is 0.394 e. The highest BCUT2D eigenvalue weighted by Gasteiger charge is 2.43. The number of ether oxygens (including phenoxy) is 1. The molecule has 0 aromatic heterocycles. The van der Waals surface area contributed by atoms with Gasteiger partial charge in [0.25, 0.3) is 0 Å². The van der Waals surface area contributed by atoms with Crippen molar-refractivity contribution in [2.24, 2.45) is 5.11 Å². The molecule has 1 rings (SSSR count). The van der Waals surface area contributed by atoms with Gasteiger partial charge in [0.15, 0.2) is 6.29 Å². The van der Waals surface area contributed by atoms with Crippen molar-refractivity contribution in [3.05, 3.63) is 10.4 Å². The van der Waals surface area contributed by atoms with E-state index in [9.17, 15) is 10.2 Å². The first kappa shape index (κ1) is 11.2. The Balaban J connectivity index is 2.82. The van der Waals surface area contributed by atoms with Crippen LogP contribution in [-0.4, -0.2) is 57.7 Å². The van der Waals surface area contributed by atoms with Crippen molar-refractivity contribution in [3.63, 3.8) is 0 Å². The van der Waals surface area contributed by atoms with Gasteiger partial charge in [-0.2, -0.15) is 0 Å². The first-order valence-corrected chi connectivity index (χ1v) is 3.96. The first-order valence-electron chi connectivity index (χ1n) is 3.96. The Hall–Kier alpha value is -0.890. The van der Waals surface area contributed by atoms with E-state index in [1.165, 1.54) is 0 Å². The third-order valence-electron chi connectivity index (χ3n) is 2.05. The number of hydrogen-bond acceptors (Lipinski definition) is 6. The first-order chi connectivity index (χ1) is 6.61. The average molecular weight is 205 g/mol. The van der Waals surface area contributed by atoms with Crippen LogP contribution in [0.3, 0.4) is 0 Å². The quantitative estimate of drug-likeness (QED) is 0.237. The minimum absolute atomic E-state index is 0.539. The minimum atomic E-state index is -1.58. The van der Waals surface area contributed by atoms with Gasteiger partial charge >= 0.3 is 0 Å². The number of nitrogens with zero attached hydrogens (tertiary/aromatic N) is 3. The molecule has 14 heavy (non-hydrogen) atoms. The van der Waals surface area contributed by atoms with Crippen LogP contribution in [0.4, 0.5) is 0 Å². The number of azide groups is 1. The predicted octanol–water partition coefficient (Wildman–Crippen LogP) is -1.90. The van der Waals surface area contributed by atoms with E-state index in [2.05, 4.69) is 14.8 Å². The second-order valence-corrected chi connectivity index (χ2v) is 2.92. The summed E-state index contributed by atoms with van der Waals surface area (Å²) < 4.78 is 4.66. The molecule has 0 saturated carbocycles. The number of aliphatic hydroxyl groups excluding tert-OH is 4. The molecule has 0 amide bonds. The molecule has 8 nitrogen and oxygen atoms in total. The lowest BCUT2D eigenvalue weighted by molar-refractivity contribution is -0.258. The Morgan fingerprint density at radius 1 is 1.29 bits per heavy atom. The third-order valence-corrected chi connectivity index (χ3v) is 2.05. The molecule has 4 N–H and O–H groups in total. The van der Waals surface area contributed by atoms with Crippen molar-refractivity contribution in [2.45, 2.75) is 30.6 Å². The maximum absolute atomic E-state index is 9.43. The van der Waals surface area contributed by atoms with Gasteiger partial charge in [-0.25, -0.2) is 0 Å². The summed E-state index contributed by atoms with van der Waals surface area (Å²) in [4.78, 5) is 2.42. The van der Waals surface area contributed by atoms with Crippen molar-refractivity contribution < 1.29 is 25.2 Å². The predicted molar refractivity (Wildman–Crippen MR) is 42.9 cm³/mol. The lowest BCUT2D eigenvalue weighted by Crippen LogP contribution is -2.57. The van der Waals surface area contributed by atoms with Gasteiger partial charge in [-0.05, 0) is 5.53 Å². The zero-order valence-electron chi connectivity index (χ0n) is 7.13. The normalized spacial score (nSPS) is 43.0. The fourth-order valence-corrected chi connectivity index (χ4v) is 1.28. The molecule has 80 valence electrons. The van der Waals surface area contributed by atoms with Crippen molar-refractivity contribution >= 4 is 0 Å². The summed E-state index contributed by atoms with van der Waals surface area (Å²) >= 11 is 0. The van der Waals surface area contributed by atoms with E-state index in [0.29, 0.717) is 0 Å². The molecule has 1 fully saturated rings. The molecule has 1 heterocycles. The molecule has 8 heteroatoms. The molecular weight excluding hydrogens is 194 g/mol. The summed E-state index contributed by atoms with van der Waals surface area (Å²) in [5.41, 5.74) is 8.15. The lowest BCUT2D eigenvalue weighted by atomic mass is 9.97. The molecule has 0 spiro atoms. The van der Waals surface area contributed by atoms with Crippen LogP contribution >= 0.6 is 0 Å². The maximum atomic E-state index is 9.43. The number of hydrogen-bond donors (Lipinski definition) is 4. The van der Waals surface area contributed by atoms with E-state index < -0.39 is 37.3 Å². The minimum Gasteiger partial charge on any atom is -0.394 e. The van der Waals surface area contributed by atoms with Gasteiger partial charge < -0.3 is 25.2 Å². The van der Waals surface area contributed by atoms with E-state index in [1.54, 1.807) is 0 Å². The van der Waals surface area contributed by atoms with E-state index in [1.807, 2.05) is 0 Å². The molecule has 1 aliphatic heterocycles. The molecule has 0 radical (unpaired) electrons. The summed E-state index contributed by atoms with van der Waals surface area (Å²) in [6, 6.07) is -1.22.